The van der Waals surface area contributed by atoms with Crippen LogP contribution in [0.2, 0.25) is 0 Å². The van der Waals surface area contributed by atoms with Crippen molar-refractivity contribution in [3.63, 3.8) is 0 Å². The molecule has 0 aromatic heterocycles. The van der Waals surface area contributed by atoms with E-state index in [2.05, 4.69) is 0 Å². The molecule has 1 saturated heterocycles. The second-order valence-electron chi connectivity index (χ2n) is 2.21. The molecule has 1 heterocycles. The van der Waals surface area contributed by atoms with Crippen molar-refractivity contribution in [2.75, 3.05) is 19.8 Å². The van der Waals surface area contributed by atoms with E-state index in [9.17, 15) is 0 Å². The number of hydrogen-bond acceptors (Lipinski definition) is 4. The van der Waals surface area contributed by atoms with Gasteiger partial charge in [0, 0.05) is 0 Å². The summed E-state index contributed by atoms with van der Waals surface area (Å²) < 4.78 is 10.00. The topological polar surface area (TPSA) is 58.9 Å². The molecule has 0 aliphatic carbocycles. The molecule has 2 N–H and O–H groups in total. The normalized spacial score (nSPS) is 24.6. The second-order valence-corrected chi connectivity index (χ2v) is 2.21. The van der Waals surface area contributed by atoms with Crippen LogP contribution in [0.5, 0.6) is 0 Å². The van der Waals surface area contributed by atoms with Gasteiger partial charge in [-0.25, -0.2) is 0 Å². The van der Waals surface area contributed by atoms with E-state index in [-0.39, 0.29) is 6.61 Å². The van der Waals surface area contributed by atoms with E-state index >= 15 is 0 Å². The quantitative estimate of drug-likeness (QED) is 0.533. The fourth-order valence-corrected chi connectivity index (χ4v) is 0.814. The van der Waals surface area contributed by atoms with Gasteiger partial charge >= 0.3 is 0 Å². The lowest BCUT2D eigenvalue weighted by Crippen LogP contribution is -2.38. The third kappa shape index (κ3) is 1.91. The maximum atomic E-state index is 8.98. The number of rotatable bonds is 2. The van der Waals surface area contributed by atoms with Crippen LogP contribution in [0.15, 0.2) is 0 Å². The van der Waals surface area contributed by atoms with Crippen molar-refractivity contribution in [3.8, 4) is 0 Å². The van der Waals surface area contributed by atoms with E-state index in [0.29, 0.717) is 13.2 Å². The summed E-state index contributed by atoms with van der Waals surface area (Å²) in [6.07, 6.45) is -0.673. The molecule has 4 nitrogen and oxygen atoms in total. The largest absolute Gasteiger partial charge is 0.393 e. The Balaban J connectivity index is 2.24. The van der Waals surface area contributed by atoms with Gasteiger partial charge in [-0.15, -0.1) is 0 Å². The number of aliphatic hydroxyl groups excluding tert-OH is 2. The molecule has 10 heavy (non-hydrogen) atoms. The summed E-state index contributed by atoms with van der Waals surface area (Å²) in [5.74, 6) is 0. The number of ether oxygens (including phenoxy) is 2. The van der Waals surface area contributed by atoms with Crippen molar-refractivity contribution in [2.24, 2.45) is 0 Å². The molecular formula is C6H12O4. The highest BCUT2D eigenvalue weighted by Crippen LogP contribution is 2.07. The van der Waals surface area contributed by atoms with Crippen molar-refractivity contribution in [1.82, 2.24) is 0 Å². The lowest BCUT2D eigenvalue weighted by molar-refractivity contribution is -0.228. The minimum atomic E-state index is -0.903. The molecule has 0 saturated carbocycles. The Bertz CT molecular complexity index is 89.7. The van der Waals surface area contributed by atoms with Gasteiger partial charge in [-0.3, -0.25) is 0 Å². The fourth-order valence-electron chi connectivity index (χ4n) is 0.814. The van der Waals surface area contributed by atoms with E-state index in [1.165, 1.54) is 0 Å². The van der Waals surface area contributed by atoms with E-state index in [1.807, 2.05) is 0 Å². The van der Waals surface area contributed by atoms with Crippen molar-refractivity contribution < 1.29 is 19.7 Å². The van der Waals surface area contributed by atoms with Crippen LogP contribution in [0.3, 0.4) is 0 Å². The van der Waals surface area contributed by atoms with Crippen molar-refractivity contribution >= 4 is 0 Å². The summed E-state index contributed by atoms with van der Waals surface area (Å²) >= 11 is 0. The van der Waals surface area contributed by atoms with Gasteiger partial charge in [-0.2, -0.15) is 0 Å². The van der Waals surface area contributed by atoms with E-state index in [1.54, 1.807) is 0 Å². The Labute approximate surface area is 59.4 Å². The summed E-state index contributed by atoms with van der Waals surface area (Å²) in [6, 6.07) is 0. The monoisotopic (exact) mass is 148 g/mol. The number of hydrogen-bond donors (Lipinski definition) is 2. The standard InChI is InChI=1S/C6H12O4/c7-4-5(8)6-9-2-1-3-10-6/h5-8H,1-4H2. The van der Waals surface area contributed by atoms with Crippen LogP contribution in [-0.4, -0.2) is 42.4 Å². The molecule has 0 amide bonds. The first-order chi connectivity index (χ1) is 4.84. The molecule has 0 bridgehead atoms. The zero-order valence-electron chi connectivity index (χ0n) is 5.69. The summed E-state index contributed by atoms with van der Waals surface area (Å²) in [4.78, 5) is 0. The fraction of sp³-hybridized carbons (Fsp3) is 1.00. The first kappa shape index (κ1) is 7.94. The Morgan fingerprint density at radius 1 is 1.40 bits per heavy atom. The average Bonchev–Trinajstić information content (AvgIpc) is 2.05. The van der Waals surface area contributed by atoms with Crippen LogP contribution < -0.4 is 0 Å². The first-order valence-electron chi connectivity index (χ1n) is 3.36. The van der Waals surface area contributed by atoms with E-state index in [0.717, 1.165) is 6.42 Å². The molecule has 4 heteroatoms. The van der Waals surface area contributed by atoms with E-state index < -0.39 is 12.4 Å². The third-order valence-electron chi connectivity index (χ3n) is 1.35. The average molecular weight is 148 g/mol. The van der Waals surface area contributed by atoms with Crippen LogP contribution in [0, 0.1) is 0 Å². The summed E-state index contributed by atoms with van der Waals surface area (Å²) in [5, 5.41) is 17.5. The minimum absolute atomic E-state index is 0.315. The Morgan fingerprint density at radius 3 is 2.50 bits per heavy atom. The molecular weight excluding hydrogens is 136 g/mol. The predicted molar refractivity (Wildman–Crippen MR) is 33.4 cm³/mol. The lowest BCUT2D eigenvalue weighted by atomic mass is 10.3. The molecule has 0 spiro atoms. The first-order valence-corrected chi connectivity index (χ1v) is 3.36. The van der Waals surface area contributed by atoms with Crippen molar-refractivity contribution in [2.45, 2.75) is 18.8 Å². The molecule has 0 aromatic rings. The Kier molecular flexibility index (Phi) is 3.08. The highest BCUT2D eigenvalue weighted by Gasteiger charge is 2.21. The smallest absolute Gasteiger partial charge is 0.185 e. The van der Waals surface area contributed by atoms with Gasteiger partial charge in [0.05, 0.1) is 19.8 Å². The molecule has 1 aliphatic rings. The van der Waals surface area contributed by atoms with E-state index in [4.69, 9.17) is 19.7 Å². The van der Waals surface area contributed by atoms with Gasteiger partial charge < -0.3 is 19.7 Å². The number of aliphatic hydroxyl groups is 2. The van der Waals surface area contributed by atoms with Crippen LogP contribution >= 0.6 is 0 Å². The highest BCUT2D eigenvalue weighted by atomic mass is 16.7. The lowest BCUT2D eigenvalue weighted by Gasteiger charge is -2.25. The van der Waals surface area contributed by atoms with Gasteiger partial charge in [0.1, 0.15) is 6.10 Å². The zero-order valence-corrected chi connectivity index (χ0v) is 5.69. The minimum Gasteiger partial charge on any atom is -0.393 e. The van der Waals surface area contributed by atoms with Crippen LogP contribution in [0.25, 0.3) is 0 Å². The van der Waals surface area contributed by atoms with Gasteiger partial charge in [0.25, 0.3) is 0 Å². The summed E-state index contributed by atoms with van der Waals surface area (Å²) in [7, 11) is 0. The molecule has 1 rings (SSSR count). The molecule has 1 atom stereocenters. The molecule has 0 aromatic carbocycles. The molecule has 1 unspecified atom stereocenters. The van der Waals surface area contributed by atoms with Gasteiger partial charge in [0.15, 0.2) is 6.29 Å². The zero-order chi connectivity index (χ0) is 7.40. The predicted octanol–water partition coefficient (Wildman–Crippen LogP) is -0.897. The maximum absolute atomic E-state index is 8.98. The molecule has 1 aliphatic heterocycles. The molecule has 60 valence electrons. The third-order valence-corrected chi connectivity index (χ3v) is 1.35. The van der Waals surface area contributed by atoms with Gasteiger partial charge in [-0.1, -0.05) is 0 Å². The van der Waals surface area contributed by atoms with Crippen molar-refractivity contribution in [1.29, 1.82) is 0 Å². The van der Waals surface area contributed by atoms with Crippen LogP contribution in [-0.2, 0) is 9.47 Å². The highest BCUT2D eigenvalue weighted by molar-refractivity contribution is 4.60. The molecule has 1 fully saturated rings. The molecule has 0 radical (unpaired) electrons. The van der Waals surface area contributed by atoms with Gasteiger partial charge in [-0.05, 0) is 6.42 Å². The Hall–Kier alpha value is -0.160. The SMILES string of the molecule is OCC(O)C1OCCCO1. The van der Waals surface area contributed by atoms with Crippen molar-refractivity contribution in [3.05, 3.63) is 0 Å². The summed E-state index contributed by atoms with van der Waals surface area (Å²) in [6.45, 7) is 0.883. The Morgan fingerprint density at radius 2 is 2.00 bits per heavy atom. The van der Waals surface area contributed by atoms with Crippen LogP contribution in [0.4, 0.5) is 0 Å². The van der Waals surface area contributed by atoms with Crippen LogP contribution in [0.1, 0.15) is 6.42 Å². The summed E-state index contributed by atoms with van der Waals surface area (Å²) in [5.41, 5.74) is 0. The maximum Gasteiger partial charge on any atom is 0.185 e. The second kappa shape index (κ2) is 3.88. The van der Waals surface area contributed by atoms with Gasteiger partial charge in [0.2, 0.25) is 0 Å².